The second-order valence-corrected chi connectivity index (χ2v) is 8.33. The van der Waals surface area contributed by atoms with Crippen molar-refractivity contribution in [1.82, 2.24) is 25.0 Å². The van der Waals surface area contributed by atoms with Gasteiger partial charge in [0.05, 0.1) is 44.6 Å². The average Bonchev–Trinajstić information content (AvgIpc) is 3.19. The molecule has 0 atom stereocenters. The molecule has 168 valence electrons. The third-order valence-corrected chi connectivity index (χ3v) is 6.07. The summed E-state index contributed by atoms with van der Waals surface area (Å²) in [5, 5.41) is 22.7. The Kier molecular flexibility index (Phi) is 5.12. The topological polar surface area (TPSA) is 126 Å². The number of hydrogen-bond acceptors (Lipinski definition) is 6. The smallest absolute Gasteiger partial charge is 0.272 e. The summed E-state index contributed by atoms with van der Waals surface area (Å²) in [7, 11) is 1.67. The lowest BCUT2D eigenvalue weighted by atomic mass is 9.93. The number of aromatic amines is 1. The molecule has 3 aromatic heterocycles. The Morgan fingerprint density at radius 3 is 2.76 bits per heavy atom. The van der Waals surface area contributed by atoms with E-state index in [1.807, 2.05) is 13.0 Å². The Morgan fingerprint density at radius 1 is 1.24 bits per heavy atom. The molecule has 0 amide bonds. The van der Waals surface area contributed by atoms with Crippen LogP contribution in [0.1, 0.15) is 16.8 Å². The van der Waals surface area contributed by atoms with Crippen molar-refractivity contribution in [3.05, 3.63) is 74.7 Å². The molecule has 5 rings (SSSR count). The lowest BCUT2D eigenvalue weighted by Gasteiger charge is -2.14. The van der Waals surface area contributed by atoms with Crippen molar-refractivity contribution < 1.29 is 4.39 Å². The normalized spacial score (nSPS) is 11.3. The molecule has 0 unspecified atom stereocenters. The van der Waals surface area contributed by atoms with Crippen molar-refractivity contribution in [1.29, 1.82) is 5.26 Å². The van der Waals surface area contributed by atoms with Gasteiger partial charge in [0.2, 0.25) is 0 Å². The second-order valence-electron chi connectivity index (χ2n) is 7.89. The van der Waals surface area contributed by atoms with Crippen molar-refractivity contribution >= 4 is 33.3 Å². The van der Waals surface area contributed by atoms with Crippen LogP contribution in [-0.4, -0.2) is 25.0 Å². The number of nitrogens with zero attached hydrogens (tertiary/aromatic N) is 5. The maximum Gasteiger partial charge on any atom is 0.272 e. The molecule has 0 bridgehead atoms. The summed E-state index contributed by atoms with van der Waals surface area (Å²) < 4.78 is 17.0. The predicted molar refractivity (Wildman–Crippen MR) is 128 cm³/mol. The molecule has 34 heavy (non-hydrogen) atoms. The Morgan fingerprint density at radius 2 is 2.03 bits per heavy atom. The molecule has 0 aliphatic rings. The number of aromatic nitrogens is 5. The minimum Gasteiger partial charge on any atom is -0.325 e. The molecule has 0 saturated carbocycles. The van der Waals surface area contributed by atoms with Crippen LogP contribution in [0.3, 0.4) is 0 Å². The highest BCUT2D eigenvalue weighted by Crippen LogP contribution is 2.39. The van der Waals surface area contributed by atoms with Crippen LogP contribution in [0, 0.1) is 24.1 Å². The highest BCUT2D eigenvalue weighted by Gasteiger charge is 2.24. The summed E-state index contributed by atoms with van der Waals surface area (Å²) >= 11 is 6.11. The summed E-state index contributed by atoms with van der Waals surface area (Å²) in [5.74, 6) is -0.609. The van der Waals surface area contributed by atoms with Crippen LogP contribution in [0.5, 0.6) is 0 Å². The van der Waals surface area contributed by atoms with Crippen molar-refractivity contribution in [2.24, 2.45) is 12.8 Å². The van der Waals surface area contributed by atoms with Crippen LogP contribution >= 0.6 is 11.6 Å². The van der Waals surface area contributed by atoms with E-state index < -0.39 is 5.82 Å². The van der Waals surface area contributed by atoms with Gasteiger partial charge in [-0.3, -0.25) is 14.5 Å². The maximum absolute atomic E-state index is 15.5. The van der Waals surface area contributed by atoms with Crippen LogP contribution < -0.4 is 11.3 Å². The molecule has 10 heteroatoms. The molecule has 0 saturated heterocycles. The first kappa shape index (κ1) is 21.7. The lowest BCUT2D eigenvalue weighted by Crippen LogP contribution is -2.14. The van der Waals surface area contributed by atoms with Gasteiger partial charge < -0.3 is 5.73 Å². The molecule has 5 aromatic rings. The fourth-order valence-corrected chi connectivity index (χ4v) is 4.52. The summed E-state index contributed by atoms with van der Waals surface area (Å²) in [6, 6.07) is 8.59. The zero-order valence-electron chi connectivity index (χ0n) is 18.1. The number of halogens is 2. The first-order chi connectivity index (χ1) is 16.3. The Bertz CT molecular complexity index is 1730. The first-order valence-electron chi connectivity index (χ1n) is 10.3. The number of fused-ring (bicyclic) bond motifs is 2. The van der Waals surface area contributed by atoms with E-state index in [-0.39, 0.29) is 23.2 Å². The number of benzene rings is 2. The van der Waals surface area contributed by atoms with Crippen LogP contribution in [-0.2, 0) is 13.6 Å². The third-order valence-electron chi connectivity index (χ3n) is 5.86. The van der Waals surface area contributed by atoms with Gasteiger partial charge in [0.25, 0.3) is 5.56 Å². The summed E-state index contributed by atoms with van der Waals surface area (Å²) in [4.78, 5) is 16.6. The van der Waals surface area contributed by atoms with Gasteiger partial charge in [-0.25, -0.2) is 9.49 Å². The van der Waals surface area contributed by atoms with Crippen LogP contribution in [0.15, 0.2) is 41.5 Å². The van der Waals surface area contributed by atoms with E-state index >= 15 is 4.39 Å². The zero-order chi connectivity index (χ0) is 24.1. The number of hydrogen-bond donors (Lipinski definition) is 2. The van der Waals surface area contributed by atoms with Gasteiger partial charge in [0.1, 0.15) is 11.9 Å². The van der Waals surface area contributed by atoms with E-state index in [4.69, 9.17) is 17.3 Å². The predicted octanol–water partition coefficient (Wildman–Crippen LogP) is 3.97. The van der Waals surface area contributed by atoms with Crippen LogP contribution in [0.2, 0.25) is 5.02 Å². The molecule has 0 spiro atoms. The Labute approximate surface area is 197 Å². The van der Waals surface area contributed by atoms with E-state index in [0.29, 0.717) is 54.8 Å². The number of rotatable bonds is 3. The van der Waals surface area contributed by atoms with E-state index in [1.165, 1.54) is 16.9 Å². The van der Waals surface area contributed by atoms with Gasteiger partial charge in [-0.05, 0) is 30.2 Å². The van der Waals surface area contributed by atoms with E-state index in [2.05, 4.69) is 26.3 Å². The van der Waals surface area contributed by atoms with Crippen molar-refractivity contribution in [2.45, 2.75) is 13.5 Å². The number of nitriles is 1. The third kappa shape index (κ3) is 3.23. The van der Waals surface area contributed by atoms with Crippen molar-refractivity contribution in [3.63, 3.8) is 0 Å². The number of nitrogens with one attached hydrogen (secondary N) is 1. The molecule has 2 aromatic carbocycles. The largest absolute Gasteiger partial charge is 0.325 e. The molecule has 3 heterocycles. The van der Waals surface area contributed by atoms with Gasteiger partial charge in [-0.2, -0.15) is 15.5 Å². The number of aryl methyl sites for hydroxylation is 2. The lowest BCUT2D eigenvalue weighted by molar-refractivity contribution is 0.629. The zero-order valence-corrected chi connectivity index (χ0v) is 18.9. The van der Waals surface area contributed by atoms with Crippen molar-refractivity contribution in [2.75, 3.05) is 0 Å². The van der Waals surface area contributed by atoms with E-state index in [1.54, 1.807) is 25.4 Å². The van der Waals surface area contributed by atoms with Gasteiger partial charge in [0, 0.05) is 42.2 Å². The summed E-state index contributed by atoms with van der Waals surface area (Å²) in [6.45, 7) is 1.93. The molecule has 0 radical (unpaired) electrons. The van der Waals surface area contributed by atoms with Crippen LogP contribution in [0.25, 0.3) is 44.1 Å². The summed E-state index contributed by atoms with van der Waals surface area (Å²) in [6.07, 6.45) is 3.00. The fraction of sp³-hybridized carbons (Fsp3) is 0.125. The maximum atomic E-state index is 15.5. The van der Waals surface area contributed by atoms with Crippen LogP contribution in [0.4, 0.5) is 4.39 Å². The quantitative estimate of drug-likeness (QED) is 0.408. The summed E-state index contributed by atoms with van der Waals surface area (Å²) in [5.41, 5.74) is 8.96. The average molecular weight is 474 g/mol. The molecular formula is C24H17ClFN7O. The van der Waals surface area contributed by atoms with Gasteiger partial charge in [-0.1, -0.05) is 17.7 Å². The standard InChI is InChI=1S/C24H17ClFN7O/c1-11-3-12(4-15-20(8-28)31-32-24(34)21(11)15)17-10-30-33(2)23(17)22-16(7-27)14-5-13(25)9-29-19(14)6-18(22)26/h3-6,9-10H,8,28H2,1-2H3,(H,32,34). The molecule has 0 fully saturated rings. The SMILES string of the molecule is Cc1cc(-c2cnn(C)c2-c2c(F)cc3ncc(Cl)cc3c2C#N)cc2c(CN)n[nH]c(=O)c12. The molecule has 8 nitrogen and oxygen atoms in total. The minimum atomic E-state index is -0.609. The number of nitrogens with two attached hydrogens (primary N) is 1. The highest BCUT2D eigenvalue weighted by molar-refractivity contribution is 6.31. The van der Waals surface area contributed by atoms with E-state index in [0.717, 1.165) is 0 Å². The minimum absolute atomic E-state index is 0.0925. The molecule has 3 N–H and O–H groups in total. The van der Waals surface area contributed by atoms with Gasteiger partial charge in [-0.15, -0.1) is 0 Å². The van der Waals surface area contributed by atoms with Gasteiger partial charge in [0.15, 0.2) is 0 Å². The highest BCUT2D eigenvalue weighted by atomic mass is 35.5. The number of H-pyrrole nitrogens is 1. The number of pyridine rings is 1. The second kappa shape index (κ2) is 8.02. The van der Waals surface area contributed by atoms with Crippen molar-refractivity contribution in [3.8, 4) is 28.5 Å². The van der Waals surface area contributed by atoms with E-state index in [9.17, 15) is 10.1 Å². The Hall–Kier alpha value is -4.13. The molecular weight excluding hydrogens is 457 g/mol. The van der Waals surface area contributed by atoms with Gasteiger partial charge >= 0.3 is 0 Å². The fourth-order valence-electron chi connectivity index (χ4n) is 4.37. The molecule has 0 aliphatic heterocycles. The Balaban J connectivity index is 1.85. The first-order valence-corrected chi connectivity index (χ1v) is 10.6. The molecule has 0 aliphatic carbocycles. The monoisotopic (exact) mass is 473 g/mol.